The van der Waals surface area contributed by atoms with Crippen molar-refractivity contribution in [2.24, 2.45) is 0 Å². The number of carbonyl (C=O) groups is 1. The van der Waals surface area contributed by atoms with Crippen LogP contribution in [-0.2, 0) is 4.79 Å². The highest BCUT2D eigenvalue weighted by Crippen LogP contribution is 2.20. The van der Waals surface area contributed by atoms with Crippen LogP contribution in [0.15, 0.2) is 36.9 Å². The van der Waals surface area contributed by atoms with E-state index in [1.54, 1.807) is 18.2 Å². The van der Waals surface area contributed by atoms with Gasteiger partial charge in [0.15, 0.2) is 0 Å². The zero-order valence-corrected chi connectivity index (χ0v) is 9.77. The van der Waals surface area contributed by atoms with Gasteiger partial charge in [-0.05, 0) is 12.1 Å². The van der Waals surface area contributed by atoms with E-state index in [-0.39, 0.29) is 5.91 Å². The van der Waals surface area contributed by atoms with Crippen LogP contribution in [0.3, 0.4) is 0 Å². The number of para-hydroxylation sites is 1. The van der Waals surface area contributed by atoms with Gasteiger partial charge in [-0.3, -0.25) is 4.79 Å². The van der Waals surface area contributed by atoms with Crippen LogP contribution >= 0.6 is 23.4 Å². The molecule has 0 atom stereocenters. The van der Waals surface area contributed by atoms with Crippen LogP contribution < -0.4 is 5.32 Å². The maximum atomic E-state index is 11.4. The number of benzene rings is 1. The summed E-state index contributed by atoms with van der Waals surface area (Å²) in [6.45, 7) is 3.58. The van der Waals surface area contributed by atoms with Crippen molar-refractivity contribution in [3.8, 4) is 0 Å². The first-order valence-corrected chi connectivity index (χ1v) is 6.00. The number of anilines is 1. The van der Waals surface area contributed by atoms with Crippen LogP contribution in [-0.4, -0.2) is 17.4 Å². The molecule has 80 valence electrons. The first-order valence-electron chi connectivity index (χ1n) is 4.47. The van der Waals surface area contributed by atoms with Gasteiger partial charge in [-0.25, -0.2) is 0 Å². The van der Waals surface area contributed by atoms with Crippen molar-refractivity contribution in [3.05, 3.63) is 41.9 Å². The molecule has 0 aromatic heterocycles. The van der Waals surface area contributed by atoms with E-state index in [1.807, 2.05) is 12.1 Å². The zero-order valence-electron chi connectivity index (χ0n) is 8.20. The van der Waals surface area contributed by atoms with Crippen LogP contribution in [0.25, 0.3) is 0 Å². The van der Waals surface area contributed by atoms with Crippen LogP contribution in [0, 0.1) is 0 Å². The first-order chi connectivity index (χ1) is 7.24. The van der Waals surface area contributed by atoms with E-state index in [0.29, 0.717) is 16.5 Å². The molecule has 0 radical (unpaired) electrons. The van der Waals surface area contributed by atoms with Gasteiger partial charge in [0, 0.05) is 5.75 Å². The Morgan fingerprint density at radius 3 is 2.93 bits per heavy atom. The summed E-state index contributed by atoms with van der Waals surface area (Å²) in [4.78, 5) is 11.4. The third-order valence-corrected chi connectivity index (χ3v) is 2.88. The summed E-state index contributed by atoms with van der Waals surface area (Å²) in [6.07, 6.45) is 1.77. The predicted molar refractivity (Wildman–Crippen MR) is 67.6 cm³/mol. The molecule has 0 fully saturated rings. The fourth-order valence-corrected chi connectivity index (χ4v) is 1.71. The second kappa shape index (κ2) is 6.53. The molecule has 1 amide bonds. The molecule has 15 heavy (non-hydrogen) atoms. The molecule has 0 aliphatic rings. The average Bonchev–Trinajstić information content (AvgIpc) is 2.22. The number of hydrogen-bond donors (Lipinski definition) is 1. The predicted octanol–water partition coefficient (Wildman–Crippen LogP) is 3.20. The third kappa shape index (κ3) is 4.40. The number of thioether (sulfide) groups is 1. The lowest BCUT2D eigenvalue weighted by atomic mass is 10.3. The van der Waals surface area contributed by atoms with Crippen LogP contribution in [0.5, 0.6) is 0 Å². The minimum absolute atomic E-state index is 0.0463. The van der Waals surface area contributed by atoms with E-state index in [4.69, 9.17) is 11.6 Å². The van der Waals surface area contributed by atoms with E-state index >= 15 is 0 Å². The second-order valence-corrected chi connectivity index (χ2v) is 4.27. The SMILES string of the molecule is C=CCSCC(=O)Nc1ccccc1Cl. The highest BCUT2D eigenvalue weighted by Gasteiger charge is 2.04. The fraction of sp³-hybridized carbons (Fsp3) is 0.182. The monoisotopic (exact) mass is 241 g/mol. The van der Waals surface area contributed by atoms with E-state index in [0.717, 1.165) is 5.75 Å². The Morgan fingerprint density at radius 1 is 1.53 bits per heavy atom. The lowest BCUT2D eigenvalue weighted by Crippen LogP contribution is -2.14. The van der Waals surface area contributed by atoms with Gasteiger partial charge >= 0.3 is 0 Å². The van der Waals surface area contributed by atoms with Gasteiger partial charge in [0.25, 0.3) is 0 Å². The molecule has 1 aromatic rings. The summed E-state index contributed by atoms with van der Waals surface area (Å²) in [6, 6.07) is 7.18. The molecule has 1 N–H and O–H groups in total. The summed E-state index contributed by atoms with van der Waals surface area (Å²) in [5.41, 5.74) is 0.656. The maximum absolute atomic E-state index is 11.4. The number of rotatable bonds is 5. The summed E-state index contributed by atoms with van der Waals surface area (Å²) in [7, 11) is 0. The number of amides is 1. The van der Waals surface area contributed by atoms with Gasteiger partial charge in [-0.15, -0.1) is 18.3 Å². The lowest BCUT2D eigenvalue weighted by molar-refractivity contribution is -0.113. The number of hydrogen-bond acceptors (Lipinski definition) is 2. The Morgan fingerprint density at radius 2 is 2.27 bits per heavy atom. The van der Waals surface area contributed by atoms with E-state index < -0.39 is 0 Å². The van der Waals surface area contributed by atoms with E-state index in [2.05, 4.69) is 11.9 Å². The molecule has 0 unspecified atom stereocenters. The standard InChI is InChI=1S/C11H12ClNOS/c1-2-7-15-8-11(14)13-10-6-4-3-5-9(10)12/h2-6H,1,7-8H2,(H,13,14). The largest absolute Gasteiger partial charge is 0.324 e. The summed E-state index contributed by atoms with van der Waals surface area (Å²) in [5, 5.41) is 3.30. The minimum atomic E-state index is -0.0463. The molecular formula is C11H12ClNOS. The van der Waals surface area contributed by atoms with Gasteiger partial charge in [0.2, 0.25) is 5.91 Å². The normalized spacial score (nSPS) is 9.67. The number of nitrogens with one attached hydrogen (secondary N) is 1. The smallest absolute Gasteiger partial charge is 0.234 e. The number of carbonyl (C=O) groups excluding carboxylic acids is 1. The fourth-order valence-electron chi connectivity index (χ4n) is 0.984. The Bertz CT molecular complexity index is 354. The molecule has 0 spiro atoms. The molecule has 2 nitrogen and oxygen atoms in total. The maximum Gasteiger partial charge on any atom is 0.234 e. The van der Waals surface area contributed by atoms with Gasteiger partial charge in [-0.1, -0.05) is 29.8 Å². The van der Waals surface area contributed by atoms with Crippen LogP contribution in [0.2, 0.25) is 5.02 Å². The molecule has 0 heterocycles. The van der Waals surface area contributed by atoms with Gasteiger partial charge < -0.3 is 5.32 Å². The van der Waals surface area contributed by atoms with Crippen molar-refractivity contribution in [3.63, 3.8) is 0 Å². The van der Waals surface area contributed by atoms with Crippen molar-refractivity contribution < 1.29 is 4.79 Å². The van der Waals surface area contributed by atoms with E-state index in [9.17, 15) is 4.79 Å². The molecule has 1 aromatic carbocycles. The molecule has 0 aliphatic carbocycles. The Hall–Kier alpha value is -0.930. The summed E-state index contributed by atoms with van der Waals surface area (Å²) in [5.74, 6) is 1.14. The number of halogens is 1. The van der Waals surface area contributed by atoms with Gasteiger partial charge in [0.1, 0.15) is 0 Å². The lowest BCUT2D eigenvalue weighted by Gasteiger charge is -2.05. The van der Waals surface area contributed by atoms with Crippen molar-refractivity contribution in [1.82, 2.24) is 0 Å². The first kappa shape index (κ1) is 12.1. The van der Waals surface area contributed by atoms with Crippen LogP contribution in [0.1, 0.15) is 0 Å². The Kier molecular flexibility index (Phi) is 5.29. The van der Waals surface area contributed by atoms with E-state index in [1.165, 1.54) is 11.8 Å². The van der Waals surface area contributed by atoms with Crippen molar-refractivity contribution >= 4 is 35.0 Å². The highest BCUT2D eigenvalue weighted by atomic mass is 35.5. The zero-order chi connectivity index (χ0) is 11.1. The second-order valence-electron chi connectivity index (χ2n) is 2.83. The Balaban J connectivity index is 2.44. The molecule has 4 heteroatoms. The highest BCUT2D eigenvalue weighted by molar-refractivity contribution is 8.00. The minimum Gasteiger partial charge on any atom is -0.324 e. The molecule has 0 saturated carbocycles. The Labute approximate surface area is 98.7 Å². The van der Waals surface area contributed by atoms with Crippen molar-refractivity contribution in [1.29, 1.82) is 0 Å². The molecule has 1 rings (SSSR count). The van der Waals surface area contributed by atoms with Crippen molar-refractivity contribution in [2.75, 3.05) is 16.8 Å². The topological polar surface area (TPSA) is 29.1 Å². The van der Waals surface area contributed by atoms with Gasteiger partial charge in [0.05, 0.1) is 16.5 Å². The summed E-state index contributed by atoms with van der Waals surface area (Å²) < 4.78 is 0. The van der Waals surface area contributed by atoms with Crippen LogP contribution in [0.4, 0.5) is 5.69 Å². The average molecular weight is 242 g/mol. The third-order valence-electron chi connectivity index (χ3n) is 1.62. The molecular weight excluding hydrogens is 230 g/mol. The molecule has 0 aliphatic heterocycles. The summed E-state index contributed by atoms with van der Waals surface area (Å²) >= 11 is 7.41. The van der Waals surface area contributed by atoms with Gasteiger partial charge in [-0.2, -0.15) is 0 Å². The molecule has 0 bridgehead atoms. The molecule has 0 saturated heterocycles. The van der Waals surface area contributed by atoms with Crippen molar-refractivity contribution in [2.45, 2.75) is 0 Å². The quantitative estimate of drug-likeness (QED) is 0.634.